The fourth-order valence-electron chi connectivity index (χ4n) is 3.17. The summed E-state index contributed by atoms with van der Waals surface area (Å²) in [6.07, 6.45) is -0.533. The van der Waals surface area contributed by atoms with Crippen LogP contribution in [0.25, 0.3) is 0 Å². The van der Waals surface area contributed by atoms with Crippen LogP contribution in [-0.2, 0) is 11.3 Å². The Morgan fingerprint density at radius 2 is 1.69 bits per heavy atom. The fraction of sp³-hybridized carbons (Fsp3) is 0.400. The predicted octanol–water partition coefficient (Wildman–Crippen LogP) is 2.75. The number of benzene rings is 2. The van der Waals surface area contributed by atoms with E-state index >= 15 is 0 Å². The molecular weight excluding hydrogens is 352 g/mol. The normalized spacial score (nSPS) is 16.6. The summed E-state index contributed by atoms with van der Waals surface area (Å²) in [5.41, 5.74) is 1.80. The molecule has 0 radical (unpaired) electrons. The summed E-state index contributed by atoms with van der Waals surface area (Å²) in [6.45, 7) is 4.60. The number of rotatable bonds is 7. The molecule has 1 heterocycles. The smallest absolute Gasteiger partial charge is 0.138 e. The van der Waals surface area contributed by atoms with Gasteiger partial charge in [-0.05, 0) is 23.8 Å². The highest BCUT2D eigenvalue weighted by atomic mass is 35.5. The first-order valence-electron chi connectivity index (χ1n) is 8.88. The van der Waals surface area contributed by atoms with Gasteiger partial charge in [0.15, 0.2) is 0 Å². The van der Waals surface area contributed by atoms with Gasteiger partial charge in [0.1, 0.15) is 5.75 Å². The number of piperazine rings is 1. The number of aliphatic hydroxyl groups is 1. The average molecular weight is 377 g/mol. The number of ether oxygens (including phenoxy) is 1. The standard InChI is InChI=1S/C20H25ClN2O3/c21-18-6-2-1-5-16(18)14-26-15-17(24)13-22-9-11-23(12-10-22)19-7-3-4-8-20(19)25/h1-8,17,24-25H,9-15H2/t17-/m1/s1. The lowest BCUT2D eigenvalue weighted by Gasteiger charge is -2.37. The molecule has 1 atom stereocenters. The molecular formula is C20H25ClN2O3. The van der Waals surface area contributed by atoms with Crippen LogP contribution < -0.4 is 4.90 Å². The minimum atomic E-state index is -0.533. The van der Waals surface area contributed by atoms with Crippen molar-refractivity contribution in [2.45, 2.75) is 12.7 Å². The molecule has 1 aliphatic rings. The van der Waals surface area contributed by atoms with Crippen LogP contribution in [0.15, 0.2) is 48.5 Å². The van der Waals surface area contributed by atoms with Crippen molar-refractivity contribution in [3.05, 3.63) is 59.1 Å². The van der Waals surface area contributed by atoms with Crippen LogP contribution in [0.1, 0.15) is 5.56 Å². The van der Waals surface area contributed by atoms with Crippen LogP contribution in [-0.4, -0.2) is 60.5 Å². The van der Waals surface area contributed by atoms with E-state index in [2.05, 4.69) is 9.80 Å². The monoisotopic (exact) mass is 376 g/mol. The SMILES string of the molecule is Oc1ccccc1N1CCN(C[C@@H](O)COCc2ccccc2Cl)CC1. The van der Waals surface area contributed by atoms with Crippen LogP contribution in [0.3, 0.4) is 0 Å². The van der Waals surface area contributed by atoms with E-state index in [0.717, 1.165) is 37.4 Å². The second-order valence-electron chi connectivity index (χ2n) is 6.54. The van der Waals surface area contributed by atoms with Crippen molar-refractivity contribution in [3.63, 3.8) is 0 Å². The second kappa shape index (κ2) is 9.24. The topological polar surface area (TPSA) is 56.2 Å². The van der Waals surface area contributed by atoms with E-state index in [0.29, 0.717) is 23.9 Å². The van der Waals surface area contributed by atoms with E-state index in [1.165, 1.54) is 0 Å². The highest BCUT2D eigenvalue weighted by molar-refractivity contribution is 6.31. The van der Waals surface area contributed by atoms with Gasteiger partial charge in [0.05, 0.1) is 25.0 Å². The van der Waals surface area contributed by atoms with Crippen molar-refractivity contribution in [3.8, 4) is 5.75 Å². The summed E-state index contributed by atoms with van der Waals surface area (Å²) in [7, 11) is 0. The van der Waals surface area contributed by atoms with Gasteiger partial charge in [0.25, 0.3) is 0 Å². The van der Waals surface area contributed by atoms with Gasteiger partial charge in [-0.25, -0.2) is 0 Å². The lowest BCUT2D eigenvalue weighted by Crippen LogP contribution is -2.49. The van der Waals surface area contributed by atoms with Gasteiger partial charge in [-0.15, -0.1) is 0 Å². The van der Waals surface area contributed by atoms with Crippen molar-refractivity contribution in [2.24, 2.45) is 0 Å². The molecule has 5 nitrogen and oxygen atoms in total. The average Bonchev–Trinajstić information content (AvgIpc) is 2.64. The van der Waals surface area contributed by atoms with Gasteiger partial charge in [0.2, 0.25) is 0 Å². The highest BCUT2D eigenvalue weighted by Crippen LogP contribution is 2.27. The number of phenols is 1. The Bertz CT molecular complexity index is 705. The maximum Gasteiger partial charge on any atom is 0.138 e. The molecule has 0 amide bonds. The van der Waals surface area contributed by atoms with Crippen molar-refractivity contribution in [1.82, 2.24) is 4.90 Å². The lowest BCUT2D eigenvalue weighted by atomic mass is 10.2. The van der Waals surface area contributed by atoms with E-state index in [-0.39, 0.29) is 6.61 Å². The fourth-order valence-corrected chi connectivity index (χ4v) is 3.36. The Balaban J connectivity index is 1.39. The largest absolute Gasteiger partial charge is 0.506 e. The molecule has 2 aromatic rings. The molecule has 1 aliphatic heterocycles. The third-order valence-electron chi connectivity index (χ3n) is 4.59. The van der Waals surface area contributed by atoms with Crippen molar-refractivity contribution in [1.29, 1.82) is 0 Å². The van der Waals surface area contributed by atoms with E-state index in [4.69, 9.17) is 16.3 Å². The molecule has 1 fully saturated rings. The molecule has 0 aromatic heterocycles. The molecule has 26 heavy (non-hydrogen) atoms. The summed E-state index contributed by atoms with van der Waals surface area (Å²) >= 11 is 6.10. The molecule has 0 saturated carbocycles. The summed E-state index contributed by atoms with van der Waals surface area (Å²) in [6, 6.07) is 15.0. The number of para-hydroxylation sites is 2. The number of halogens is 1. The second-order valence-corrected chi connectivity index (χ2v) is 6.94. The first-order chi connectivity index (χ1) is 12.6. The quantitative estimate of drug-likeness (QED) is 0.778. The molecule has 0 unspecified atom stereocenters. The number of aliphatic hydroxyl groups excluding tert-OH is 1. The lowest BCUT2D eigenvalue weighted by molar-refractivity contribution is 0.00915. The number of hydrogen-bond donors (Lipinski definition) is 2. The number of nitrogens with zero attached hydrogens (tertiary/aromatic N) is 2. The number of aromatic hydroxyl groups is 1. The Hall–Kier alpha value is -1.79. The molecule has 0 spiro atoms. The van der Waals surface area contributed by atoms with Crippen LogP contribution in [0, 0.1) is 0 Å². The first kappa shape index (κ1) is 19.0. The Morgan fingerprint density at radius 1 is 1.00 bits per heavy atom. The molecule has 0 bridgehead atoms. The van der Waals surface area contributed by atoms with E-state index in [1.54, 1.807) is 6.07 Å². The summed E-state index contributed by atoms with van der Waals surface area (Å²) < 4.78 is 5.61. The van der Waals surface area contributed by atoms with Gasteiger partial charge in [-0.1, -0.05) is 41.9 Å². The first-order valence-corrected chi connectivity index (χ1v) is 9.26. The van der Waals surface area contributed by atoms with Gasteiger partial charge in [0, 0.05) is 37.7 Å². The van der Waals surface area contributed by atoms with Crippen LogP contribution in [0.2, 0.25) is 5.02 Å². The molecule has 0 aliphatic carbocycles. The van der Waals surface area contributed by atoms with Crippen LogP contribution in [0.4, 0.5) is 5.69 Å². The van der Waals surface area contributed by atoms with Crippen LogP contribution >= 0.6 is 11.6 Å². The number of hydrogen-bond acceptors (Lipinski definition) is 5. The van der Waals surface area contributed by atoms with Gasteiger partial charge in [-0.3, -0.25) is 4.90 Å². The molecule has 3 rings (SSSR count). The zero-order valence-corrected chi connectivity index (χ0v) is 15.5. The van der Waals surface area contributed by atoms with Gasteiger partial charge >= 0.3 is 0 Å². The minimum Gasteiger partial charge on any atom is -0.506 e. The molecule has 1 saturated heterocycles. The number of anilines is 1. The zero-order chi connectivity index (χ0) is 18.4. The van der Waals surface area contributed by atoms with Crippen molar-refractivity contribution >= 4 is 17.3 Å². The maximum atomic E-state index is 10.2. The van der Waals surface area contributed by atoms with Crippen molar-refractivity contribution < 1.29 is 14.9 Å². The molecule has 2 aromatic carbocycles. The molecule has 6 heteroatoms. The highest BCUT2D eigenvalue weighted by Gasteiger charge is 2.21. The molecule has 2 N–H and O–H groups in total. The van der Waals surface area contributed by atoms with Gasteiger partial charge in [-0.2, -0.15) is 0 Å². The summed E-state index contributed by atoms with van der Waals surface area (Å²) in [5, 5.41) is 20.9. The minimum absolute atomic E-state index is 0.283. The van der Waals surface area contributed by atoms with E-state index < -0.39 is 6.10 Å². The number of phenolic OH excluding ortho intramolecular Hbond substituents is 1. The summed E-state index contributed by atoms with van der Waals surface area (Å²) in [4.78, 5) is 4.39. The number of β-amino-alcohol motifs (C(OH)–C–C–N with tert-alkyl or cyclic N) is 1. The zero-order valence-electron chi connectivity index (χ0n) is 14.7. The predicted molar refractivity (Wildman–Crippen MR) is 104 cm³/mol. The van der Waals surface area contributed by atoms with Crippen LogP contribution in [0.5, 0.6) is 5.75 Å². The molecule has 140 valence electrons. The third kappa shape index (κ3) is 5.11. The van der Waals surface area contributed by atoms with E-state index in [9.17, 15) is 10.2 Å². The summed E-state index contributed by atoms with van der Waals surface area (Å²) in [5.74, 6) is 0.314. The van der Waals surface area contributed by atoms with E-state index in [1.807, 2.05) is 42.5 Å². The third-order valence-corrected chi connectivity index (χ3v) is 4.96. The Kier molecular flexibility index (Phi) is 6.74. The Labute approximate surface area is 159 Å². The Morgan fingerprint density at radius 3 is 2.42 bits per heavy atom. The maximum absolute atomic E-state index is 10.2. The van der Waals surface area contributed by atoms with Gasteiger partial charge < -0.3 is 19.8 Å². The van der Waals surface area contributed by atoms with Crippen molar-refractivity contribution in [2.75, 3.05) is 44.2 Å².